The summed E-state index contributed by atoms with van der Waals surface area (Å²) >= 11 is 0. The molecule has 3 N–H and O–H groups in total. The summed E-state index contributed by atoms with van der Waals surface area (Å²) in [6.45, 7) is 3.50. The fraction of sp³-hybridized carbons (Fsp3) is 0.182. The number of benzene rings is 1. The predicted octanol–water partition coefficient (Wildman–Crippen LogP) is 1.67. The molecule has 2 rings (SSSR count). The first-order valence-electron chi connectivity index (χ1n) is 5.21. The maximum Gasteiger partial charge on any atom is 0.264 e. The summed E-state index contributed by atoms with van der Waals surface area (Å²) < 4.78 is 31.1. The van der Waals surface area contributed by atoms with Crippen LogP contribution in [0.2, 0.25) is 0 Å². The van der Waals surface area contributed by atoms with Crippen molar-refractivity contribution in [1.82, 2.24) is 5.16 Å². The van der Waals surface area contributed by atoms with Crippen LogP contribution in [0, 0.1) is 13.8 Å². The normalized spacial score (nSPS) is 11.4. The minimum absolute atomic E-state index is 0.0756. The predicted molar refractivity (Wildman–Crippen MR) is 67.6 cm³/mol. The van der Waals surface area contributed by atoms with Gasteiger partial charge in [-0.1, -0.05) is 11.2 Å². The molecule has 1 aromatic carbocycles. The van der Waals surface area contributed by atoms with E-state index < -0.39 is 10.0 Å². The van der Waals surface area contributed by atoms with Crippen LogP contribution in [0.4, 0.5) is 11.6 Å². The first-order valence-corrected chi connectivity index (χ1v) is 6.69. The molecular weight excluding hydrogens is 254 g/mol. The largest absolute Gasteiger partial charge is 0.398 e. The first-order chi connectivity index (χ1) is 8.38. The van der Waals surface area contributed by atoms with E-state index >= 15 is 0 Å². The van der Waals surface area contributed by atoms with Gasteiger partial charge in [0.2, 0.25) is 5.88 Å². The fourth-order valence-electron chi connectivity index (χ4n) is 1.39. The Morgan fingerprint density at radius 1 is 1.28 bits per heavy atom. The Morgan fingerprint density at radius 2 is 2.00 bits per heavy atom. The van der Waals surface area contributed by atoms with E-state index in [0.29, 0.717) is 11.4 Å². The molecular formula is C11H13N3O3S. The van der Waals surface area contributed by atoms with Crippen LogP contribution in [-0.2, 0) is 10.0 Å². The molecule has 2 aromatic rings. The standard InChI is InChI=1S/C11H13N3O3S/c1-7-3-4-9(6-10(7)12)18(15,16)14-11-5-8(2)13-17-11/h3-6,14H,12H2,1-2H3. The second-order valence-corrected chi connectivity index (χ2v) is 5.64. The Morgan fingerprint density at radius 3 is 2.56 bits per heavy atom. The van der Waals surface area contributed by atoms with Crippen LogP contribution in [0.3, 0.4) is 0 Å². The van der Waals surface area contributed by atoms with Gasteiger partial charge in [-0.2, -0.15) is 0 Å². The number of sulfonamides is 1. The fourth-order valence-corrected chi connectivity index (χ4v) is 2.40. The molecule has 0 fully saturated rings. The third-order valence-corrected chi connectivity index (χ3v) is 3.77. The Labute approximate surface area is 105 Å². The summed E-state index contributed by atoms with van der Waals surface area (Å²) in [5.74, 6) is 0.0756. The van der Waals surface area contributed by atoms with Crippen LogP contribution in [0.5, 0.6) is 0 Å². The number of nitrogens with one attached hydrogen (secondary N) is 1. The molecule has 0 amide bonds. The second kappa shape index (κ2) is 4.34. The van der Waals surface area contributed by atoms with E-state index in [0.717, 1.165) is 5.56 Å². The number of nitrogens with two attached hydrogens (primary N) is 1. The van der Waals surface area contributed by atoms with Crippen LogP contribution in [0.15, 0.2) is 33.7 Å². The Balaban J connectivity index is 2.33. The van der Waals surface area contributed by atoms with E-state index in [1.807, 2.05) is 0 Å². The minimum atomic E-state index is -3.70. The molecule has 0 spiro atoms. The van der Waals surface area contributed by atoms with Crippen LogP contribution in [0.25, 0.3) is 0 Å². The number of rotatable bonds is 3. The molecule has 0 saturated carbocycles. The van der Waals surface area contributed by atoms with Crippen molar-refractivity contribution in [3.63, 3.8) is 0 Å². The van der Waals surface area contributed by atoms with Crippen LogP contribution in [0.1, 0.15) is 11.3 Å². The average molecular weight is 267 g/mol. The van der Waals surface area contributed by atoms with Crippen molar-refractivity contribution in [1.29, 1.82) is 0 Å². The van der Waals surface area contributed by atoms with Crippen LogP contribution < -0.4 is 10.5 Å². The molecule has 0 aliphatic carbocycles. The van der Waals surface area contributed by atoms with Gasteiger partial charge in [0.05, 0.1) is 10.6 Å². The zero-order valence-electron chi connectivity index (χ0n) is 9.97. The van der Waals surface area contributed by atoms with Gasteiger partial charge in [-0.15, -0.1) is 0 Å². The van der Waals surface area contributed by atoms with E-state index in [4.69, 9.17) is 10.3 Å². The average Bonchev–Trinajstić information content (AvgIpc) is 2.67. The monoisotopic (exact) mass is 267 g/mol. The van der Waals surface area contributed by atoms with Gasteiger partial charge in [0.25, 0.3) is 10.0 Å². The highest BCUT2D eigenvalue weighted by Crippen LogP contribution is 2.20. The second-order valence-electron chi connectivity index (χ2n) is 3.96. The highest BCUT2D eigenvalue weighted by Gasteiger charge is 2.17. The lowest BCUT2D eigenvalue weighted by molar-refractivity contribution is 0.430. The highest BCUT2D eigenvalue weighted by molar-refractivity contribution is 7.92. The summed E-state index contributed by atoms with van der Waals surface area (Å²) in [5, 5.41) is 3.60. The molecule has 18 heavy (non-hydrogen) atoms. The van der Waals surface area contributed by atoms with E-state index in [2.05, 4.69) is 9.88 Å². The molecule has 0 atom stereocenters. The van der Waals surface area contributed by atoms with Crippen LogP contribution >= 0.6 is 0 Å². The van der Waals surface area contributed by atoms with Gasteiger partial charge in [0.15, 0.2) is 0 Å². The number of nitrogens with zero attached hydrogens (tertiary/aromatic N) is 1. The molecule has 0 unspecified atom stereocenters. The molecule has 1 aromatic heterocycles. The van der Waals surface area contributed by atoms with Crippen molar-refractivity contribution < 1.29 is 12.9 Å². The molecule has 0 bridgehead atoms. The van der Waals surface area contributed by atoms with Gasteiger partial charge in [0, 0.05) is 11.8 Å². The Kier molecular flexibility index (Phi) is 3.00. The number of hydrogen-bond acceptors (Lipinski definition) is 5. The third kappa shape index (κ3) is 2.45. The lowest BCUT2D eigenvalue weighted by Gasteiger charge is -2.06. The number of hydrogen-bond donors (Lipinski definition) is 2. The van der Waals surface area contributed by atoms with E-state index in [1.54, 1.807) is 19.9 Å². The number of aromatic nitrogens is 1. The maximum atomic E-state index is 12.0. The summed E-state index contributed by atoms with van der Waals surface area (Å²) in [7, 11) is -3.70. The lowest BCUT2D eigenvalue weighted by atomic mass is 10.2. The van der Waals surface area contributed by atoms with Gasteiger partial charge in [-0.3, -0.25) is 0 Å². The summed E-state index contributed by atoms with van der Waals surface area (Å²) in [5.41, 5.74) is 7.53. The molecule has 1 heterocycles. The molecule has 0 saturated heterocycles. The Bertz CT molecular complexity index is 677. The minimum Gasteiger partial charge on any atom is -0.398 e. The molecule has 0 aliphatic heterocycles. The molecule has 0 aliphatic rings. The van der Waals surface area contributed by atoms with Gasteiger partial charge in [0.1, 0.15) is 0 Å². The summed E-state index contributed by atoms with van der Waals surface area (Å²) in [6.07, 6.45) is 0. The molecule has 96 valence electrons. The van der Waals surface area contributed by atoms with Gasteiger partial charge in [-0.05, 0) is 31.5 Å². The number of aryl methyl sites for hydroxylation is 2. The highest BCUT2D eigenvalue weighted by atomic mass is 32.2. The van der Waals surface area contributed by atoms with Gasteiger partial charge < -0.3 is 10.3 Å². The topological polar surface area (TPSA) is 98.2 Å². The number of anilines is 2. The number of nitrogen functional groups attached to an aromatic ring is 1. The van der Waals surface area contributed by atoms with E-state index in [1.165, 1.54) is 18.2 Å². The van der Waals surface area contributed by atoms with Crippen molar-refractivity contribution in [2.75, 3.05) is 10.5 Å². The molecule has 6 nitrogen and oxygen atoms in total. The van der Waals surface area contributed by atoms with Crippen molar-refractivity contribution in [3.8, 4) is 0 Å². The van der Waals surface area contributed by atoms with Crippen molar-refractivity contribution in [3.05, 3.63) is 35.5 Å². The van der Waals surface area contributed by atoms with Crippen molar-refractivity contribution >= 4 is 21.6 Å². The zero-order chi connectivity index (χ0) is 13.3. The molecule has 0 radical (unpaired) electrons. The quantitative estimate of drug-likeness (QED) is 0.824. The van der Waals surface area contributed by atoms with Gasteiger partial charge in [-0.25, -0.2) is 13.1 Å². The van der Waals surface area contributed by atoms with Crippen molar-refractivity contribution in [2.24, 2.45) is 0 Å². The summed E-state index contributed by atoms with van der Waals surface area (Å²) in [6, 6.07) is 6.03. The Hall–Kier alpha value is -2.02. The lowest BCUT2D eigenvalue weighted by Crippen LogP contribution is -2.12. The van der Waals surface area contributed by atoms with Crippen LogP contribution in [-0.4, -0.2) is 13.6 Å². The van der Waals surface area contributed by atoms with Gasteiger partial charge >= 0.3 is 0 Å². The SMILES string of the molecule is Cc1cc(NS(=O)(=O)c2ccc(C)c(N)c2)on1. The maximum absolute atomic E-state index is 12.0. The summed E-state index contributed by atoms with van der Waals surface area (Å²) in [4.78, 5) is 0.0830. The van der Waals surface area contributed by atoms with E-state index in [-0.39, 0.29) is 10.8 Å². The third-order valence-electron chi connectivity index (χ3n) is 2.42. The smallest absolute Gasteiger partial charge is 0.264 e. The van der Waals surface area contributed by atoms with Crippen molar-refractivity contribution in [2.45, 2.75) is 18.7 Å². The first kappa shape index (κ1) is 12.4. The molecule has 7 heteroatoms. The van der Waals surface area contributed by atoms with E-state index in [9.17, 15) is 8.42 Å². The zero-order valence-corrected chi connectivity index (χ0v) is 10.8.